The average Bonchev–Trinajstić information content (AvgIpc) is 3.27. The molecule has 1 heterocycles. The fourth-order valence-corrected chi connectivity index (χ4v) is 4.11. The summed E-state index contributed by atoms with van der Waals surface area (Å²) in [5.41, 5.74) is -0.224. The summed E-state index contributed by atoms with van der Waals surface area (Å²) >= 11 is 0. The number of alkyl halides is 3. The van der Waals surface area contributed by atoms with Gasteiger partial charge in [-0.2, -0.15) is 18.3 Å². The molecule has 0 aliphatic rings. The molecule has 0 aliphatic carbocycles. The summed E-state index contributed by atoms with van der Waals surface area (Å²) in [4.78, 5) is 12.3. The predicted molar refractivity (Wildman–Crippen MR) is 120 cm³/mol. The first kappa shape index (κ1) is 23.1. The van der Waals surface area contributed by atoms with Gasteiger partial charge in [0.25, 0.3) is 15.9 Å². The van der Waals surface area contributed by atoms with Crippen LogP contribution in [0.5, 0.6) is 0 Å². The van der Waals surface area contributed by atoms with E-state index in [2.05, 4.69) is 15.1 Å². The van der Waals surface area contributed by atoms with Crippen molar-refractivity contribution in [1.82, 2.24) is 9.78 Å². The van der Waals surface area contributed by atoms with Gasteiger partial charge in [-0.05, 0) is 54.6 Å². The van der Waals surface area contributed by atoms with Crippen LogP contribution in [0, 0.1) is 0 Å². The Hall–Kier alpha value is -4.12. The lowest BCUT2D eigenvalue weighted by Gasteiger charge is -2.11. The monoisotopic (exact) mass is 486 g/mol. The number of halogens is 3. The van der Waals surface area contributed by atoms with E-state index in [1.54, 1.807) is 16.9 Å². The van der Waals surface area contributed by atoms with E-state index in [9.17, 15) is 26.4 Å². The number of nitrogens with one attached hydrogen (secondary N) is 2. The lowest BCUT2D eigenvalue weighted by atomic mass is 10.2. The van der Waals surface area contributed by atoms with Gasteiger partial charge in [0.15, 0.2) is 5.82 Å². The van der Waals surface area contributed by atoms with E-state index in [-0.39, 0.29) is 16.1 Å². The maximum absolute atomic E-state index is 12.9. The maximum Gasteiger partial charge on any atom is 0.416 e. The van der Waals surface area contributed by atoms with Crippen molar-refractivity contribution in [3.05, 3.63) is 102 Å². The maximum atomic E-state index is 12.9. The number of amides is 1. The van der Waals surface area contributed by atoms with Crippen molar-refractivity contribution in [2.75, 3.05) is 10.0 Å². The highest BCUT2D eigenvalue weighted by molar-refractivity contribution is 7.92. The quantitative estimate of drug-likeness (QED) is 0.404. The van der Waals surface area contributed by atoms with E-state index in [0.717, 1.165) is 17.8 Å². The zero-order valence-corrected chi connectivity index (χ0v) is 18.1. The third kappa shape index (κ3) is 5.26. The third-order valence-electron chi connectivity index (χ3n) is 4.72. The molecule has 3 aromatic carbocycles. The second kappa shape index (κ2) is 9.02. The Labute approximate surface area is 192 Å². The van der Waals surface area contributed by atoms with Crippen LogP contribution in [0.25, 0.3) is 5.69 Å². The molecule has 0 fully saturated rings. The normalized spacial score (nSPS) is 11.7. The Balaban J connectivity index is 1.45. The van der Waals surface area contributed by atoms with Crippen LogP contribution in [0.15, 0.2) is 96.0 Å². The first-order chi connectivity index (χ1) is 16.1. The number of carbonyl (C=O) groups is 1. The molecule has 11 heteroatoms. The smallest absolute Gasteiger partial charge is 0.305 e. The fraction of sp³-hybridized carbons (Fsp3) is 0.0435. The molecule has 1 aromatic heterocycles. The van der Waals surface area contributed by atoms with Gasteiger partial charge in [0.1, 0.15) is 0 Å². The number of hydrogen-bond donors (Lipinski definition) is 2. The van der Waals surface area contributed by atoms with E-state index in [1.165, 1.54) is 30.3 Å². The molecule has 0 saturated carbocycles. The number of anilines is 2. The highest BCUT2D eigenvalue weighted by atomic mass is 32.2. The number of para-hydroxylation sites is 1. The minimum absolute atomic E-state index is 0.173. The van der Waals surface area contributed by atoms with Crippen molar-refractivity contribution in [3.63, 3.8) is 0 Å². The molecule has 7 nitrogen and oxygen atoms in total. The number of carbonyl (C=O) groups excluding carboxylic acids is 1. The van der Waals surface area contributed by atoms with Gasteiger partial charge >= 0.3 is 6.18 Å². The summed E-state index contributed by atoms with van der Waals surface area (Å²) in [5.74, 6) is -0.204. The SMILES string of the molecule is O=C(Nc1ccn(-c2ccccc2)n1)c1ccc(S(=O)(=O)Nc2cccc(C(F)(F)F)c2)cc1. The molecular weight excluding hydrogens is 469 g/mol. The zero-order valence-electron chi connectivity index (χ0n) is 17.3. The van der Waals surface area contributed by atoms with Crippen LogP contribution in [0.2, 0.25) is 0 Å². The van der Waals surface area contributed by atoms with Crippen LogP contribution in [0.4, 0.5) is 24.7 Å². The second-order valence-corrected chi connectivity index (χ2v) is 8.83. The number of sulfonamides is 1. The van der Waals surface area contributed by atoms with Gasteiger partial charge in [0.2, 0.25) is 0 Å². The molecule has 34 heavy (non-hydrogen) atoms. The van der Waals surface area contributed by atoms with Gasteiger partial charge < -0.3 is 5.32 Å². The highest BCUT2D eigenvalue weighted by Gasteiger charge is 2.30. The van der Waals surface area contributed by atoms with Gasteiger partial charge in [0, 0.05) is 23.5 Å². The van der Waals surface area contributed by atoms with Crippen LogP contribution in [-0.4, -0.2) is 24.1 Å². The Bertz CT molecular complexity index is 1420. The molecule has 0 radical (unpaired) electrons. The first-order valence-corrected chi connectivity index (χ1v) is 11.3. The number of benzene rings is 3. The molecule has 0 atom stereocenters. The van der Waals surface area contributed by atoms with E-state index >= 15 is 0 Å². The lowest BCUT2D eigenvalue weighted by Crippen LogP contribution is -2.15. The third-order valence-corrected chi connectivity index (χ3v) is 6.12. The Morgan fingerprint density at radius 1 is 0.882 bits per heavy atom. The van der Waals surface area contributed by atoms with Gasteiger partial charge in [0.05, 0.1) is 16.1 Å². The minimum atomic E-state index is -4.60. The van der Waals surface area contributed by atoms with Gasteiger partial charge in [-0.25, -0.2) is 13.1 Å². The molecule has 0 bridgehead atoms. The zero-order chi connectivity index (χ0) is 24.3. The highest BCUT2D eigenvalue weighted by Crippen LogP contribution is 2.31. The predicted octanol–water partition coefficient (Wildman–Crippen LogP) is 4.94. The summed E-state index contributed by atoms with van der Waals surface area (Å²) in [6.07, 6.45) is -2.92. The molecule has 4 aromatic rings. The number of aromatic nitrogens is 2. The standard InChI is InChI=1S/C23H17F3N4O3S/c24-23(25,26)17-5-4-6-18(15-17)29-34(32,33)20-11-9-16(10-12-20)22(31)27-21-13-14-30(28-21)19-7-2-1-3-8-19/h1-15,29H,(H,27,28,31). The van der Waals surface area contributed by atoms with Crippen LogP contribution >= 0.6 is 0 Å². The second-order valence-electron chi connectivity index (χ2n) is 7.14. The minimum Gasteiger partial charge on any atom is -0.305 e. The van der Waals surface area contributed by atoms with Crippen molar-refractivity contribution in [3.8, 4) is 5.69 Å². The number of nitrogens with zero attached hydrogens (tertiary/aromatic N) is 2. The Morgan fingerprint density at radius 2 is 1.59 bits per heavy atom. The Morgan fingerprint density at radius 3 is 2.26 bits per heavy atom. The summed E-state index contributed by atoms with van der Waals surface area (Å²) in [7, 11) is -4.17. The summed E-state index contributed by atoms with van der Waals surface area (Å²) in [6, 6.07) is 19.7. The molecule has 4 rings (SSSR count). The van der Waals surface area contributed by atoms with Crippen LogP contribution in [-0.2, 0) is 16.2 Å². The average molecular weight is 486 g/mol. The molecule has 0 aliphatic heterocycles. The van der Waals surface area contributed by atoms with E-state index < -0.39 is 27.7 Å². The molecule has 2 N–H and O–H groups in total. The summed E-state index contributed by atoms with van der Waals surface area (Å²) in [5, 5.41) is 6.90. The van der Waals surface area contributed by atoms with E-state index in [0.29, 0.717) is 11.9 Å². The fourth-order valence-electron chi connectivity index (χ4n) is 3.06. The van der Waals surface area contributed by atoms with Crippen LogP contribution in [0.3, 0.4) is 0 Å². The Kier molecular flexibility index (Phi) is 6.12. The van der Waals surface area contributed by atoms with Crippen molar-refractivity contribution in [2.45, 2.75) is 11.1 Å². The van der Waals surface area contributed by atoms with Crippen molar-refractivity contribution >= 4 is 27.4 Å². The molecule has 0 spiro atoms. The van der Waals surface area contributed by atoms with Crippen molar-refractivity contribution in [2.24, 2.45) is 0 Å². The van der Waals surface area contributed by atoms with Crippen LogP contribution < -0.4 is 10.0 Å². The topological polar surface area (TPSA) is 93.1 Å². The van der Waals surface area contributed by atoms with Crippen LogP contribution in [0.1, 0.15) is 15.9 Å². The molecular formula is C23H17F3N4O3S. The summed E-state index contributed by atoms with van der Waals surface area (Å²) in [6.45, 7) is 0. The van der Waals surface area contributed by atoms with Gasteiger partial charge in [-0.1, -0.05) is 24.3 Å². The molecule has 174 valence electrons. The molecule has 0 saturated heterocycles. The van der Waals surface area contributed by atoms with Crippen molar-refractivity contribution in [1.29, 1.82) is 0 Å². The van der Waals surface area contributed by atoms with E-state index in [4.69, 9.17) is 0 Å². The van der Waals surface area contributed by atoms with Gasteiger partial charge in [-0.15, -0.1) is 0 Å². The summed E-state index contributed by atoms with van der Waals surface area (Å²) < 4.78 is 67.4. The lowest BCUT2D eigenvalue weighted by molar-refractivity contribution is -0.137. The number of hydrogen-bond acceptors (Lipinski definition) is 4. The first-order valence-electron chi connectivity index (χ1n) is 9.84. The molecule has 0 unspecified atom stereocenters. The number of rotatable bonds is 6. The largest absolute Gasteiger partial charge is 0.416 e. The molecule has 1 amide bonds. The van der Waals surface area contributed by atoms with E-state index in [1.807, 2.05) is 30.3 Å². The van der Waals surface area contributed by atoms with Gasteiger partial charge in [-0.3, -0.25) is 9.52 Å². The van der Waals surface area contributed by atoms with Crippen molar-refractivity contribution < 1.29 is 26.4 Å².